The topological polar surface area (TPSA) is 48.1 Å². The lowest BCUT2D eigenvalue weighted by molar-refractivity contribution is -0.139. The van der Waals surface area contributed by atoms with Crippen molar-refractivity contribution in [1.29, 1.82) is 0 Å². The molecule has 0 fully saturated rings. The molecule has 0 saturated heterocycles. The van der Waals surface area contributed by atoms with Gasteiger partial charge in [-0.25, -0.2) is 8.78 Å². The molecule has 0 aliphatic heterocycles. The van der Waals surface area contributed by atoms with E-state index in [4.69, 9.17) is 5.73 Å². The fraction of sp³-hybridized carbons (Fsp3) is 0.375. The van der Waals surface area contributed by atoms with Crippen LogP contribution in [0.1, 0.15) is 17.6 Å². The van der Waals surface area contributed by atoms with E-state index in [0.29, 0.717) is 6.07 Å². The van der Waals surface area contributed by atoms with Crippen molar-refractivity contribution in [1.82, 2.24) is 4.98 Å². The lowest BCUT2D eigenvalue weighted by Crippen LogP contribution is -2.13. The summed E-state index contributed by atoms with van der Waals surface area (Å²) in [5.41, 5.74) is 2.23. The molecule has 16 heavy (non-hydrogen) atoms. The number of ether oxygens (including phenoxy) is 1. The van der Waals surface area contributed by atoms with E-state index in [2.05, 4.69) is 9.72 Å². The zero-order valence-corrected chi connectivity index (χ0v) is 7.98. The highest BCUT2D eigenvalue weighted by molar-refractivity contribution is 5.46. The smallest absolute Gasteiger partial charge is 0.417 e. The zero-order valence-electron chi connectivity index (χ0n) is 7.98. The van der Waals surface area contributed by atoms with Gasteiger partial charge in [0.05, 0.1) is 18.2 Å². The zero-order chi connectivity index (χ0) is 12.5. The van der Waals surface area contributed by atoms with E-state index in [9.17, 15) is 22.0 Å². The van der Waals surface area contributed by atoms with Crippen LogP contribution in [0.25, 0.3) is 0 Å². The summed E-state index contributed by atoms with van der Waals surface area (Å²) >= 11 is 0. The summed E-state index contributed by atoms with van der Waals surface area (Å²) in [6, 6.07) is 0.351. The molecule has 1 heterocycles. The summed E-state index contributed by atoms with van der Waals surface area (Å²) in [5.74, 6) is -1.35. The number of pyridine rings is 1. The number of methoxy groups -OCH3 is 1. The summed E-state index contributed by atoms with van der Waals surface area (Å²) in [7, 11) is 0.938. The molecular formula is C8H7F5N2O. The lowest BCUT2D eigenvalue weighted by atomic mass is 10.1. The van der Waals surface area contributed by atoms with Crippen molar-refractivity contribution in [3.8, 4) is 5.88 Å². The third-order valence-electron chi connectivity index (χ3n) is 1.76. The number of halogens is 5. The fourth-order valence-electron chi connectivity index (χ4n) is 1.15. The number of nitrogens with two attached hydrogens (primary N) is 1. The number of anilines is 1. The van der Waals surface area contributed by atoms with Crippen molar-refractivity contribution in [3.63, 3.8) is 0 Å². The second kappa shape index (κ2) is 4.11. The number of hydrogen-bond acceptors (Lipinski definition) is 3. The van der Waals surface area contributed by atoms with E-state index in [1.165, 1.54) is 0 Å². The minimum atomic E-state index is -4.93. The minimum Gasteiger partial charge on any atom is -0.481 e. The van der Waals surface area contributed by atoms with Crippen LogP contribution in [0.4, 0.5) is 27.8 Å². The van der Waals surface area contributed by atoms with Crippen LogP contribution in [0.3, 0.4) is 0 Å². The van der Waals surface area contributed by atoms with E-state index >= 15 is 0 Å². The third kappa shape index (κ3) is 2.31. The molecule has 1 rings (SSSR count). The van der Waals surface area contributed by atoms with Crippen molar-refractivity contribution in [2.75, 3.05) is 12.8 Å². The first-order valence-corrected chi connectivity index (χ1v) is 3.97. The van der Waals surface area contributed by atoms with Gasteiger partial charge in [-0.3, -0.25) is 0 Å². The van der Waals surface area contributed by atoms with Crippen LogP contribution in [0.5, 0.6) is 5.88 Å². The van der Waals surface area contributed by atoms with Crippen LogP contribution in [-0.4, -0.2) is 12.1 Å². The number of alkyl halides is 5. The maximum atomic E-state index is 12.5. The Kier molecular flexibility index (Phi) is 3.20. The molecular weight excluding hydrogens is 235 g/mol. The van der Waals surface area contributed by atoms with Crippen molar-refractivity contribution in [2.24, 2.45) is 0 Å². The van der Waals surface area contributed by atoms with Gasteiger partial charge in [0, 0.05) is 0 Å². The summed E-state index contributed by atoms with van der Waals surface area (Å²) < 4.78 is 66.6. The highest BCUT2D eigenvalue weighted by Gasteiger charge is 2.38. The summed E-state index contributed by atoms with van der Waals surface area (Å²) in [6.07, 6.45) is -8.28. The Labute approximate surface area is 87.0 Å². The number of aromatic nitrogens is 1. The average molecular weight is 242 g/mol. The van der Waals surface area contributed by atoms with Gasteiger partial charge in [-0.2, -0.15) is 18.2 Å². The molecule has 0 aliphatic rings. The predicted molar refractivity (Wildman–Crippen MR) is 45.2 cm³/mol. The number of hydrogen-bond donors (Lipinski definition) is 1. The van der Waals surface area contributed by atoms with Gasteiger partial charge in [0.25, 0.3) is 6.43 Å². The standard InChI is InChI=1S/C8H7F5N2O/c1-16-7-5(6(9)10)3(8(11,12)13)2-4(14)15-7/h2,6H,1H3,(H2,14,15). The molecule has 0 spiro atoms. The summed E-state index contributed by atoms with van der Waals surface area (Å²) in [5, 5.41) is 0. The molecule has 2 N–H and O–H groups in total. The summed E-state index contributed by atoms with van der Waals surface area (Å²) in [6.45, 7) is 0. The SMILES string of the molecule is COc1nc(N)cc(C(F)(F)F)c1C(F)F. The lowest BCUT2D eigenvalue weighted by Gasteiger charge is -2.15. The monoisotopic (exact) mass is 242 g/mol. The first-order chi connectivity index (χ1) is 7.27. The van der Waals surface area contributed by atoms with Crippen LogP contribution in [0.15, 0.2) is 6.07 Å². The Hall–Kier alpha value is -1.60. The number of nitrogen functional groups attached to an aromatic ring is 1. The fourth-order valence-corrected chi connectivity index (χ4v) is 1.15. The first-order valence-electron chi connectivity index (χ1n) is 3.97. The Morgan fingerprint density at radius 2 is 1.94 bits per heavy atom. The number of rotatable bonds is 2. The molecule has 0 saturated carbocycles. The molecule has 3 nitrogen and oxygen atoms in total. The molecule has 0 radical (unpaired) electrons. The minimum absolute atomic E-state index is 0.351. The van der Waals surface area contributed by atoms with Crippen molar-refractivity contribution >= 4 is 5.82 Å². The van der Waals surface area contributed by atoms with Gasteiger partial charge in [-0.05, 0) is 6.07 Å². The Balaban J connectivity index is 3.51. The van der Waals surface area contributed by atoms with E-state index in [1.54, 1.807) is 0 Å². The van der Waals surface area contributed by atoms with Crippen molar-refractivity contribution < 1.29 is 26.7 Å². The van der Waals surface area contributed by atoms with Gasteiger partial charge in [0.2, 0.25) is 5.88 Å². The van der Waals surface area contributed by atoms with Crippen LogP contribution in [-0.2, 0) is 6.18 Å². The van der Waals surface area contributed by atoms with Gasteiger partial charge in [-0.1, -0.05) is 0 Å². The predicted octanol–water partition coefficient (Wildman–Crippen LogP) is 2.63. The quantitative estimate of drug-likeness (QED) is 0.811. The molecule has 0 unspecified atom stereocenters. The van der Waals surface area contributed by atoms with Crippen LogP contribution >= 0.6 is 0 Å². The van der Waals surface area contributed by atoms with E-state index < -0.39 is 35.4 Å². The third-order valence-corrected chi connectivity index (χ3v) is 1.76. The van der Waals surface area contributed by atoms with E-state index in [0.717, 1.165) is 7.11 Å². The Morgan fingerprint density at radius 1 is 1.38 bits per heavy atom. The molecule has 0 atom stereocenters. The molecule has 8 heteroatoms. The second-order valence-corrected chi connectivity index (χ2v) is 2.82. The van der Waals surface area contributed by atoms with Gasteiger partial charge >= 0.3 is 6.18 Å². The first kappa shape index (κ1) is 12.5. The molecule has 0 amide bonds. The van der Waals surface area contributed by atoms with Gasteiger partial charge in [0.15, 0.2) is 0 Å². The molecule has 0 bridgehead atoms. The van der Waals surface area contributed by atoms with Gasteiger partial charge in [0.1, 0.15) is 5.82 Å². The van der Waals surface area contributed by atoms with Crippen LogP contribution in [0.2, 0.25) is 0 Å². The average Bonchev–Trinajstić information content (AvgIpc) is 2.14. The van der Waals surface area contributed by atoms with E-state index in [1.807, 2.05) is 0 Å². The summed E-state index contributed by atoms with van der Waals surface area (Å²) in [4.78, 5) is 3.26. The molecule has 90 valence electrons. The van der Waals surface area contributed by atoms with Crippen LogP contribution in [0, 0.1) is 0 Å². The van der Waals surface area contributed by atoms with E-state index in [-0.39, 0.29) is 0 Å². The number of nitrogens with zero attached hydrogens (tertiary/aromatic N) is 1. The largest absolute Gasteiger partial charge is 0.481 e. The van der Waals surface area contributed by atoms with Crippen LogP contribution < -0.4 is 10.5 Å². The van der Waals surface area contributed by atoms with Gasteiger partial charge < -0.3 is 10.5 Å². The molecule has 0 aliphatic carbocycles. The maximum Gasteiger partial charge on any atom is 0.417 e. The van der Waals surface area contributed by atoms with Crippen molar-refractivity contribution in [3.05, 3.63) is 17.2 Å². The van der Waals surface area contributed by atoms with Gasteiger partial charge in [-0.15, -0.1) is 0 Å². The second-order valence-electron chi connectivity index (χ2n) is 2.82. The molecule has 0 aromatic carbocycles. The highest BCUT2D eigenvalue weighted by Crippen LogP contribution is 2.40. The van der Waals surface area contributed by atoms with Crippen molar-refractivity contribution in [2.45, 2.75) is 12.6 Å². The Morgan fingerprint density at radius 3 is 2.31 bits per heavy atom. The molecule has 1 aromatic heterocycles. The normalized spacial score (nSPS) is 11.9. The maximum absolute atomic E-state index is 12.5. The Bertz CT molecular complexity index is 391. The highest BCUT2D eigenvalue weighted by atomic mass is 19.4. The molecule has 1 aromatic rings.